The van der Waals surface area contributed by atoms with Crippen molar-refractivity contribution in [1.29, 1.82) is 0 Å². The molecule has 0 heterocycles. The van der Waals surface area contributed by atoms with E-state index in [0.29, 0.717) is 6.42 Å². The first-order valence-electron chi connectivity index (χ1n) is 17.7. The summed E-state index contributed by atoms with van der Waals surface area (Å²) in [6.45, 7) is 4.51. The first-order chi connectivity index (χ1) is 20.5. The third-order valence-corrected chi connectivity index (χ3v) is 7.30. The van der Waals surface area contributed by atoms with E-state index in [1.807, 2.05) is 0 Å². The van der Waals surface area contributed by atoms with Crippen molar-refractivity contribution in [3.8, 4) is 0 Å². The fraction of sp³-hybridized carbons (Fsp3) is 0.816. The third-order valence-electron chi connectivity index (χ3n) is 7.30. The minimum absolute atomic E-state index is 0. The highest BCUT2D eigenvalue weighted by Crippen LogP contribution is 2.11. The van der Waals surface area contributed by atoms with E-state index in [4.69, 9.17) is 10.2 Å². The molecule has 0 aliphatic heterocycles. The number of carbonyl (C=O) groups is 2. The summed E-state index contributed by atoms with van der Waals surface area (Å²) in [5.41, 5.74) is 0. The molecule has 264 valence electrons. The molecule has 6 heteroatoms. The van der Waals surface area contributed by atoms with Crippen LogP contribution in [0.15, 0.2) is 24.3 Å². The van der Waals surface area contributed by atoms with Gasteiger partial charge in [0.2, 0.25) is 0 Å². The Morgan fingerprint density at radius 2 is 0.727 bits per heavy atom. The molecule has 0 aromatic rings. The van der Waals surface area contributed by atoms with Crippen LogP contribution in [0, 0.1) is 7.43 Å². The molecule has 0 saturated heterocycles. The maximum atomic E-state index is 10.3. The summed E-state index contributed by atoms with van der Waals surface area (Å²) in [5, 5.41) is 25.7. The smallest absolute Gasteiger partial charge is 0.303 e. The number of allylic oxidation sites excluding steroid dienone is 4. The minimum atomic E-state index is -0.914. The number of rotatable bonds is 30. The molecule has 0 aromatic carbocycles. The van der Waals surface area contributed by atoms with Crippen LogP contribution < -0.4 is 5.11 Å². The predicted molar refractivity (Wildman–Crippen MR) is 190 cm³/mol. The Labute approximate surface area is 274 Å². The monoisotopic (exact) mass is 629 g/mol. The number of carbonyl (C=O) groups excluding carboxylic acids is 1. The van der Waals surface area contributed by atoms with Gasteiger partial charge in [-0.15, -0.1) is 0 Å². The molecule has 44 heavy (non-hydrogen) atoms. The van der Waals surface area contributed by atoms with Gasteiger partial charge in [-0.25, -0.2) is 0 Å². The van der Waals surface area contributed by atoms with Gasteiger partial charge in [0.05, 0.1) is 0 Å². The molecule has 0 amide bonds. The highest BCUT2D eigenvalue weighted by Gasteiger charge is 1.96. The first-order valence-corrected chi connectivity index (χ1v) is 17.7. The number of hydrogen-bond donors (Lipinski definition) is 2. The van der Waals surface area contributed by atoms with Crippen LogP contribution in [0.3, 0.4) is 0 Å². The van der Waals surface area contributed by atoms with E-state index in [0.717, 1.165) is 39.2 Å². The van der Waals surface area contributed by atoms with Crippen LogP contribution in [0.5, 0.6) is 0 Å². The molecule has 0 aliphatic rings. The highest BCUT2D eigenvalue weighted by atomic mass is 16.4. The lowest BCUT2D eigenvalue weighted by Crippen LogP contribution is -2.21. The third kappa shape index (κ3) is 59.6. The van der Waals surface area contributed by atoms with Crippen LogP contribution >= 0.6 is 0 Å². The van der Waals surface area contributed by atoms with E-state index in [-0.39, 0.29) is 19.3 Å². The van der Waals surface area contributed by atoms with Gasteiger partial charge in [-0.3, -0.25) is 4.79 Å². The molecule has 0 unspecified atom stereocenters. The molecule has 6 nitrogen and oxygen atoms in total. The first kappa shape index (κ1) is 51.8. The van der Waals surface area contributed by atoms with Crippen molar-refractivity contribution in [3.05, 3.63) is 31.7 Å². The van der Waals surface area contributed by atoms with Crippen molar-refractivity contribution in [2.24, 2.45) is 0 Å². The number of carboxylic acid groups (broad SMARTS) is 2. The lowest BCUT2D eigenvalue weighted by atomic mass is 10.1. The predicted octanol–water partition coefficient (Wildman–Crippen LogP) is 10.1. The van der Waals surface area contributed by atoms with Crippen molar-refractivity contribution in [3.63, 3.8) is 0 Å². The molecule has 0 spiro atoms. The lowest BCUT2D eigenvalue weighted by Gasteiger charge is -2.01. The van der Waals surface area contributed by atoms with E-state index in [2.05, 4.69) is 38.2 Å². The molecule has 0 bridgehead atoms. The number of carboxylic acids is 2. The van der Waals surface area contributed by atoms with Crippen LogP contribution in [0.2, 0.25) is 0 Å². The van der Waals surface area contributed by atoms with Gasteiger partial charge in [0, 0.05) is 26.9 Å². The Bertz CT molecular complexity index is 524. The summed E-state index contributed by atoms with van der Waals surface area (Å²) in [6, 6.07) is 0. The van der Waals surface area contributed by atoms with E-state index >= 15 is 0 Å². The average molecular weight is 629 g/mol. The zero-order chi connectivity index (χ0) is 31.8. The van der Waals surface area contributed by atoms with Crippen LogP contribution in [-0.4, -0.2) is 34.7 Å². The molecule has 0 rings (SSSR count). The minimum Gasteiger partial charge on any atom is -0.550 e. The van der Waals surface area contributed by atoms with Gasteiger partial charge in [0.1, 0.15) is 0 Å². The Kier molecular flexibility index (Phi) is 59.8. The molecule has 0 radical (unpaired) electrons. The van der Waals surface area contributed by atoms with Gasteiger partial charge in [-0.2, -0.15) is 0 Å². The molecule has 0 aliphatic carbocycles. The van der Waals surface area contributed by atoms with Crippen LogP contribution in [0.4, 0.5) is 0 Å². The Morgan fingerprint density at radius 3 is 1.00 bits per heavy atom. The number of aliphatic hydroxyl groups is 1. The van der Waals surface area contributed by atoms with Crippen LogP contribution in [0.25, 0.3) is 0 Å². The summed E-state index contributed by atoms with van der Waals surface area (Å²) in [5.74, 6) is -1.58. The number of aliphatic carboxylic acids is 2. The maximum absolute atomic E-state index is 10.3. The summed E-state index contributed by atoms with van der Waals surface area (Å²) >= 11 is 0. The van der Waals surface area contributed by atoms with Crippen molar-refractivity contribution in [1.82, 2.24) is 0 Å². The van der Waals surface area contributed by atoms with E-state index in [9.17, 15) is 14.7 Å². The van der Waals surface area contributed by atoms with E-state index in [1.165, 1.54) is 135 Å². The van der Waals surface area contributed by atoms with Gasteiger partial charge in [-0.05, 0) is 70.6 Å². The van der Waals surface area contributed by atoms with Gasteiger partial charge in [0.25, 0.3) is 0 Å². The van der Waals surface area contributed by atoms with Crippen molar-refractivity contribution >= 4 is 11.9 Å². The Balaban J connectivity index is -0.000000209. The fourth-order valence-corrected chi connectivity index (χ4v) is 4.69. The second-order valence-corrected chi connectivity index (χ2v) is 11.4. The summed E-state index contributed by atoms with van der Waals surface area (Å²) in [4.78, 5) is 20.5. The molecular formula is C38H76O6. The molecule has 0 aromatic heterocycles. The summed E-state index contributed by atoms with van der Waals surface area (Å²) < 4.78 is 0. The van der Waals surface area contributed by atoms with Crippen LogP contribution in [-0.2, 0) is 9.59 Å². The van der Waals surface area contributed by atoms with E-state index in [1.54, 1.807) is 0 Å². The average Bonchev–Trinajstić information content (AvgIpc) is 2.98. The number of unbranched alkanes of at least 4 members (excludes halogenated alkanes) is 22. The zero-order valence-electron chi connectivity index (χ0n) is 29.7. The fourth-order valence-electron chi connectivity index (χ4n) is 4.69. The second-order valence-electron chi connectivity index (χ2n) is 11.4. The van der Waals surface area contributed by atoms with Gasteiger partial charge < -0.3 is 25.6 Å². The van der Waals surface area contributed by atoms with Crippen LogP contribution in [0.1, 0.15) is 194 Å². The standard InChI is InChI=1S/2C18H34O2.CH4O.CH3.H2O/c2*1-2-3-4-5-6-7-8-9-10-11-12-13-14-15-16-17-18(19)20;1-2;;/h2*9-10H,2-8,11-17H2,1H3,(H,19,20);2H,1H3;1H3;1H2/q;;;+1;/p-1/b2*10-9-;;;. The Morgan fingerprint density at radius 1 is 0.477 bits per heavy atom. The number of hydrogen-bond acceptors (Lipinski definition) is 4. The summed E-state index contributed by atoms with van der Waals surface area (Å²) in [6.07, 6.45) is 42.1. The topological polar surface area (TPSA) is 129 Å². The molecule has 0 fully saturated rings. The largest absolute Gasteiger partial charge is 0.550 e. The molecule has 0 atom stereocenters. The van der Waals surface area contributed by atoms with Gasteiger partial charge in [0.15, 0.2) is 0 Å². The molecule has 4 N–H and O–H groups in total. The zero-order valence-corrected chi connectivity index (χ0v) is 29.7. The van der Waals surface area contributed by atoms with E-state index < -0.39 is 11.9 Å². The van der Waals surface area contributed by atoms with Crippen molar-refractivity contribution in [2.75, 3.05) is 7.11 Å². The number of aliphatic hydroxyl groups excluding tert-OH is 1. The van der Waals surface area contributed by atoms with Crippen molar-refractivity contribution in [2.45, 2.75) is 194 Å². The Hall–Kier alpha value is -1.79. The quantitative estimate of drug-likeness (QED) is 0.0464. The highest BCUT2D eigenvalue weighted by molar-refractivity contribution is 5.66. The molecule has 0 saturated carbocycles. The normalized spacial score (nSPS) is 10.4. The van der Waals surface area contributed by atoms with Gasteiger partial charge in [-0.1, -0.05) is 141 Å². The van der Waals surface area contributed by atoms with Crippen molar-refractivity contribution < 1.29 is 30.4 Å². The molecular weight excluding hydrogens is 552 g/mol. The SMILES string of the molecule is CCCCCCCC/C=C\CCCCCCCC(=O)O.CCCCCCCC/C=C\CCCCCCCC(=O)[O-].CO.O.[CH3+]. The maximum Gasteiger partial charge on any atom is 0.303 e. The summed E-state index contributed by atoms with van der Waals surface area (Å²) in [7, 11) is 1.00. The second kappa shape index (κ2) is 50.8. The lowest BCUT2D eigenvalue weighted by molar-refractivity contribution is -0.305. The van der Waals surface area contributed by atoms with Gasteiger partial charge >= 0.3 is 5.97 Å².